The number of benzene rings is 2. The van der Waals surface area contributed by atoms with Crippen LogP contribution in [0.4, 0.5) is 11.4 Å². The summed E-state index contributed by atoms with van der Waals surface area (Å²) < 4.78 is 6.89. The third-order valence-electron chi connectivity index (χ3n) is 23.4. The van der Waals surface area contributed by atoms with E-state index in [9.17, 15) is 0 Å². The van der Waals surface area contributed by atoms with E-state index in [1.165, 1.54) is 96.8 Å². The standard InChI is InChI=1S/C89H100N2OSi/c1-10-63-26-30-67(31-27-63)70-40-50-85-81(58-70)82-59-71(41-51-86(82)91(85)74-22-16-13-17-23-74)68-38-46-76(47-39-68)90(75-44-36-66(37-45-75)65-34-42-72(43-35-65)88(5,6)7)77-48-49-79-78-24-18-19-25-83(78)89(84(79)60-77,73-20-14-12-15-21-73)52-54-93(8,9)55-53-92-87-57-61(3)80(56-62(87)4)69-32-28-64(11-2)29-33-69/h10-11,13-14,16,18-22,24-28,30,32-38,40-42,44-51,57-59,62,64,67-68,72,78,82-84,86H,1-2,12,15,17,23,29,31,39,43,52-56,60H2,3-9H3. The van der Waals surface area contributed by atoms with Gasteiger partial charge in [0.2, 0.25) is 0 Å². The van der Waals surface area contributed by atoms with Crippen LogP contribution in [0.5, 0.6) is 0 Å². The Morgan fingerprint density at radius 2 is 1.56 bits per heavy atom. The second-order valence-electron chi connectivity index (χ2n) is 30.7. The maximum atomic E-state index is 6.89. The van der Waals surface area contributed by atoms with E-state index >= 15 is 0 Å². The molecule has 0 saturated heterocycles. The van der Waals surface area contributed by atoms with Gasteiger partial charge in [-0.2, -0.15) is 0 Å². The summed E-state index contributed by atoms with van der Waals surface area (Å²) in [6.07, 6.45) is 84.3. The molecule has 4 heteroatoms. The quantitative estimate of drug-likeness (QED) is 0.109. The summed E-state index contributed by atoms with van der Waals surface area (Å²) in [4.78, 5) is 5.33. The Kier molecular flexibility index (Phi) is 17.7. The molecule has 476 valence electrons. The fourth-order valence-corrected chi connectivity index (χ4v) is 19.7. The number of hydrogen-bond acceptors (Lipinski definition) is 3. The van der Waals surface area contributed by atoms with Crippen LogP contribution in [0, 0.1) is 52.3 Å². The topological polar surface area (TPSA) is 15.7 Å². The van der Waals surface area contributed by atoms with Gasteiger partial charge in [0.05, 0.1) is 26.5 Å². The number of anilines is 2. The molecule has 11 aliphatic carbocycles. The van der Waals surface area contributed by atoms with Gasteiger partial charge in [-0.1, -0.05) is 241 Å². The molecule has 11 atom stereocenters. The van der Waals surface area contributed by atoms with Crippen LogP contribution in [0.15, 0.2) is 300 Å². The van der Waals surface area contributed by atoms with Crippen LogP contribution in [-0.2, 0) is 4.74 Å². The zero-order valence-corrected chi connectivity index (χ0v) is 57.8. The van der Waals surface area contributed by atoms with Crippen molar-refractivity contribution in [2.24, 2.45) is 52.3 Å². The number of ether oxygens (including phenoxy) is 1. The van der Waals surface area contributed by atoms with Crippen molar-refractivity contribution in [3.8, 4) is 0 Å². The first-order valence-electron chi connectivity index (χ1n) is 35.7. The van der Waals surface area contributed by atoms with Crippen LogP contribution in [0.1, 0.15) is 134 Å². The van der Waals surface area contributed by atoms with Crippen molar-refractivity contribution >= 4 is 25.0 Å². The zero-order chi connectivity index (χ0) is 64.0. The van der Waals surface area contributed by atoms with Crippen molar-refractivity contribution in [3.05, 3.63) is 316 Å². The van der Waals surface area contributed by atoms with Crippen LogP contribution in [0.25, 0.3) is 5.57 Å². The van der Waals surface area contributed by atoms with Gasteiger partial charge in [0.15, 0.2) is 0 Å². The monoisotopic (exact) mass is 1240 g/mol. The highest BCUT2D eigenvalue weighted by atomic mass is 28.3. The molecule has 1 fully saturated rings. The van der Waals surface area contributed by atoms with Crippen LogP contribution < -0.4 is 9.80 Å². The molecule has 1 heterocycles. The molecule has 1 saturated carbocycles. The highest BCUT2D eigenvalue weighted by Crippen LogP contribution is 2.66. The summed E-state index contributed by atoms with van der Waals surface area (Å²) in [5, 5.41) is 0. The minimum Gasteiger partial charge on any atom is -0.498 e. The number of nitrogens with zero attached hydrogens (tertiary/aromatic N) is 2. The van der Waals surface area contributed by atoms with Gasteiger partial charge >= 0.3 is 0 Å². The first-order valence-corrected chi connectivity index (χ1v) is 39.1. The molecule has 0 spiro atoms. The molecule has 0 bridgehead atoms. The highest BCUT2D eigenvalue weighted by Gasteiger charge is 2.58. The Morgan fingerprint density at radius 3 is 2.28 bits per heavy atom. The van der Waals surface area contributed by atoms with E-state index in [1.807, 2.05) is 6.08 Å². The van der Waals surface area contributed by atoms with Crippen LogP contribution in [-0.4, -0.2) is 20.7 Å². The molecule has 3 nitrogen and oxygen atoms in total. The minimum atomic E-state index is -1.77. The minimum absolute atomic E-state index is 0.0373. The molecule has 0 N–H and O–H groups in total. The fourth-order valence-electron chi connectivity index (χ4n) is 17.7. The predicted octanol–water partition coefficient (Wildman–Crippen LogP) is 23.3. The Bertz CT molecular complexity index is 3980. The normalized spacial score (nSPS) is 29.9. The lowest BCUT2D eigenvalue weighted by Gasteiger charge is -2.45. The molecule has 14 rings (SSSR count). The Morgan fingerprint density at radius 1 is 0.731 bits per heavy atom. The predicted molar refractivity (Wildman–Crippen MR) is 399 cm³/mol. The van der Waals surface area contributed by atoms with E-state index < -0.39 is 8.07 Å². The molecule has 2 aromatic carbocycles. The first kappa shape index (κ1) is 62.8. The van der Waals surface area contributed by atoms with E-state index in [4.69, 9.17) is 4.74 Å². The zero-order valence-electron chi connectivity index (χ0n) is 56.8. The van der Waals surface area contributed by atoms with Gasteiger partial charge in [0, 0.05) is 63.5 Å². The number of rotatable bonds is 18. The third-order valence-corrected chi connectivity index (χ3v) is 26.6. The summed E-state index contributed by atoms with van der Waals surface area (Å²) in [5.41, 5.74) is 22.4. The smallest absolute Gasteiger partial charge is 0.0993 e. The summed E-state index contributed by atoms with van der Waals surface area (Å²) in [5.74, 6) is 4.58. The van der Waals surface area contributed by atoms with Crippen molar-refractivity contribution in [2.75, 3.05) is 16.4 Å². The molecule has 0 radical (unpaired) electrons. The van der Waals surface area contributed by atoms with Gasteiger partial charge in [-0.15, -0.1) is 6.58 Å². The van der Waals surface area contributed by atoms with E-state index in [1.54, 1.807) is 11.1 Å². The first-order chi connectivity index (χ1) is 45.2. The van der Waals surface area contributed by atoms with Gasteiger partial charge < -0.3 is 14.5 Å². The maximum absolute atomic E-state index is 6.89. The molecule has 11 unspecified atom stereocenters. The summed E-state index contributed by atoms with van der Waals surface area (Å²) >= 11 is 0. The molecule has 0 amide bonds. The van der Waals surface area contributed by atoms with Gasteiger partial charge in [0.1, 0.15) is 0 Å². The molecule has 2 aromatic rings. The molecule has 1 aliphatic heterocycles. The fraction of sp³-hybridized carbons (Fsp3) is 0.371. The summed E-state index contributed by atoms with van der Waals surface area (Å²) in [6.45, 7) is 25.9. The largest absolute Gasteiger partial charge is 0.498 e. The lowest BCUT2D eigenvalue weighted by atomic mass is 9.61. The Balaban J connectivity index is 0.756. The third kappa shape index (κ3) is 12.4. The molecular formula is C89H100N2OSi. The number of fused-ring (bicyclic) bond motifs is 6. The Hall–Kier alpha value is -7.66. The maximum Gasteiger partial charge on any atom is 0.0993 e. The van der Waals surface area contributed by atoms with Crippen LogP contribution in [0.3, 0.4) is 0 Å². The van der Waals surface area contributed by atoms with Gasteiger partial charge in [0.25, 0.3) is 0 Å². The van der Waals surface area contributed by atoms with Gasteiger partial charge in [-0.3, -0.25) is 0 Å². The van der Waals surface area contributed by atoms with E-state index in [2.05, 4.69) is 289 Å². The average Bonchev–Trinajstić information content (AvgIpc) is 1.57. The molecule has 93 heavy (non-hydrogen) atoms. The summed E-state index contributed by atoms with van der Waals surface area (Å²) in [6, 6.07) is 19.7. The lowest BCUT2D eigenvalue weighted by Crippen LogP contribution is -2.39. The van der Waals surface area contributed by atoms with Crippen LogP contribution in [0.2, 0.25) is 25.2 Å². The van der Waals surface area contributed by atoms with Crippen molar-refractivity contribution < 1.29 is 4.74 Å². The van der Waals surface area contributed by atoms with Crippen molar-refractivity contribution in [3.63, 3.8) is 0 Å². The molecule has 0 aromatic heterocycles. The highest BCUT2D eigenvalue weighted by molar-refractivity contribution is 6.77. The van der Waals surface area contributed by atoms with E-state index in [-0.39, 0.29) is 28.7 Å². The second kappa shape index (κ2) is 26.3. The average molecular weight is 1240 g/mol. The SMILES string of the molecule is C=CC1=CCC(c2ccc3c(c2)C2C=C(C4C=CC(N(C5=CC=C6C7C=CC=CC7C(CC[Si](C)(C)CCOC7=CC(C)=C(C8=CCC(C=C)C=C8)CC7C)(C7=CCCC=C7)C6C5)c5ccc(C6=CCC(C(C)(C)C)C=C6)cc5)=CC4)C=CC2N3C2=CC=CCC2)C=C1. The van der Waals surface area contributed by atoms with Crippen molar-refractivity contribution in [1.82, 2.24) is 0 Å². The number of allylic oxidation sites excluding steroid dienone is 39. The van der Waals surface area contributed by atoms with E-state index in [0.717, 1.165) is 76.9 Å². The van der Waals surface area contributed by atoms with Crippen molar-refractivity contribution in [1.29, 1.82) is 0 Å². The Labute approximate surface area is 559 Å². The van der Waals surface area contributed by atoms with Gasteiger partial charge in [-0.25, -0.2) is 0 Å². The second-order valence-corrected chi connectivity index (χ2v) is 36.0. The molecular weight excluding hydrogens is 1140 g/mol. The van der Waals surface area contributed by atoms with Crippen LogP contribution >= 0.6 is 0 Å². The van der Waals surface area contributed by atoms with E-state index in [0.29, 0.717) is 41.4 Å². The summed E-state index contributed by atoms with van der Waals surface area (Å²) in [7, 11) is -1.77. The number of hydrogen-bond donors (Lipinski definition) is 0. The molecule has 12 aliphatic rings. The lowest BCUT2D eigenvalue weighted by molar-refractivity contribution is 0.190. The van der Waals surface area contributed by atoms with Gasteiger partial charge in [-0.05, 0) is 211 Å². The van der Waals surface area contributed by atoms with Crippen molar-refractivity contribution in [2.45, 2.75) is 148 Å².